The number of rotatable bonds is 5. The number of nitrogens with zero attached hydrogens (tertiary/aromatic N) is 1. The minimum atomic E-state index is 0.579. The molecule has 0 aromatic heterocycles. The third-order valence-electron chi connectivity index (χ3n) is 1.89. The normalized spacial score (nSPS) is 14.5. The largest absolute Gasteiger partial charge is 0.254 e. The number of hydrazine groups is 1. The Labute approximate surface area is 70.9 Å². The molecule has 0 aromatic carbocycles. The van der Waals surface area contributed by atoms with Crippen molar-refractivity contribution in [3.8, 4) is 0 Å². The van der Waals surface area contributed by atoms with Crippen molar-refractivity contribution in [3.05, 3.63) is 7.05 Å². The summed E-state index contributed by atoms with van der Waals surface area (Å²) in [6.07, 6.45) is 1.16. The lowest BCUT2D eigenvalue weighted by atomic mass is 10.2. The van der Waals surface area contributed by atoms with Crippen molar-refractivity contribution >= 4 is 0 Å². The quantitative estimate of drug-likeness (QED) is 0.614. The molecule has 67 valence electrons. The van der Waals surface area contributed by atoms with Gasteiger partial charge in [-0.2, -0.15) is 0 Å². The topological polar surface area (TPSA) is 15.3 Å². The van der Waals surface area contributed by atoms with Gasteiger partial charge in [-0.3, -0.25) is 5.43 Å². The van der Waals surface area contributed by atoms with Crippen molar-refractivity contribution in [2.45, 2.75) is 40.2 Å². The fourth-order valence-electron chi connectivity index (χ4n) is 1.01. The van der Waals surface area contributed by atoms with Crippen molar-refractivity contribution in [2.75, 3.05) is 6.54 Å². The van der Waals surface area contributed by atoms with Gasteiger partial charge in [-0.25, -0.2) is 5.01 Å². The SMILES string of the molecule is [CH2]NN(CC(C)C)C(C)CC. The average Bonchev–Trinajstić information content (AvgIpc) is 1.98. The molecule has 0 spiro atoms. The highest BCUT2D eigenvalue weighted by atomic mass is 15.5. The van der Waals surface area contributed by atoms with E-state index < -0.39 is 0 Å². The first kappa shape index (κ1) is 10.9. The zero-order valence-corrected chi connectivity index (χ0v) is 8.22. The van der Waals surface area contributed by atoms with Gasteiger partial charge in [-0.15, -0.1) is 0 Å². The van der Waals surface area contributed by atoms with E-state index in [1.807, 2.05) is 0 Å². The van der Waals surface area contributed by atoms with Crippen LogP contribution < -0.4 is 5.43 Å². The minimum absolute atomic E-state index is 0.579. The molecule has 2 nitrogen and oxygen atoms in total. The first-order chi connectivity index (χ1) is 5.11. The molecule has 0 heterocycles. The van der Waals surface area contributed by atoms with Gasteiger partial charge in [0.05, 0.1) is 0 Å². The summed E-state index contributed by atoms with van der Waals surface area (Å²) in [5.74, 6) is 0.693. The molecule has 11 heavy (non-hydrogen) atoms. The molecular formula is C9H21N2. The first-order valence-electron chi connectivity index (χ1n) is 4.41. The van der Waals surface area contributed by atoms with E-state index >= 15 is 0 Å². The molecule has 0 fully saturated rings. The van der Waals surface area contributed by atoms with Crippen LogP contribution in [-0.2, 0) is 0 Å². The number of nitrogens with one attached hydrogen (secondary N) is 1. The van der Waals surface area contributed by atoms with Crippen LogP contribution in [0.3, 0.4) is 0 Å². The van der Waals surface area contributed by atoms with Crippen LogP contribution in [0.4, 0.5) is 0 Å². The Kier molecular flexibility index (Phi) is 5.51. The maximum atomic E-state index is 3.68. The van der Waals surface area contributed by atoms with Crippen LogP contribution in [0.2, 0.25) is 0 Å². The van der Waals surface area contributed by atoms with Crippen molar-refractivity contribution in [1.29, 1.82) is 0 Å². The van der Waals surface area contributed by atoms with Gasteiger partial charge < -0.3 is 0 Å². The molecule has 0 saturated heterocycles. The Balaban J connectivity index is 3.74. The van der Waals surface area contributed by atoms with Crippen molar-refractivity contribution in [1.82, 2.24) is 10.4 Å². The van der Waals surface area contributed by atoms with Crippen LogP contribution in [0.15, 0.2) is 0 Å². The van der Waals surface area contributed by atoms with Crippen LogP contribution in [0, 0.1) is 13.0 Å². The Morgan fingerprint density at radius 1 is 1.36 bits per heavy atom. The highest BCUT2D eigenvalue weighted by Crippen LogP contribution is 2.03. The molecule has 0 amide bonds. The summed E-state index contributed by atoms with van der Waals surface area (Å²) in [6.45, 7) is 9.90. The smallest absolute Gasteiger partial charge is 0.0242 e. The van der Waals surface area contributed by atoms with E-state index in [0.29, 0.717) is 12.0 Å². The number of hydrogen-bond acceptors (Lipinski definition) is 2. The molecule has 0 aromatic rings. The van der Waals surface area contributed by atoms with E-state index in [-0.39, 0.29) is 0 Å². The van der Waals surface area contributed by atoms with Crippen LogP contribution in [0.25, 0.3) is 0 Å². The molecule has 0 aliphatic carbocycles. The zero-order chi connectivity index (χ0) is 8.85. The average molecular weight is 157 g/mol. The molecule has 1 atom stereocenters. The number of hydrogen-bond donors (Lipinski definition) is 1. The maximum absolute atomic E-state index is 3.68. The summed E-state index contributed by atoms with van der Waals surface area (Å²) in [4.78, 5) is 0. The molecule has 0 aliphatic rings. The zero-order valence-electron chi connectivity index (χ0n) is 8.22. The second-order valence-electron chi connectivity index (χ2n) is 3.46. The third-order valence-corrected chi connectivity index (χ3v) is 1.89. The van der Waals surface area contributed by atoms with Gasteiger partial charge in [0.25, 0.3) is 0 Å². The molecule has 0 aliphatic heterocycles. The Morgan fingerprint density at radius 2 is 1.91 bits per heavy atom. The van der Waals surface area contributed by atoms with Gasteiger partial charge in [0.15, 0.2) is 0 Å². The Bertz CT molecular complexity index is 91.6. The van der Waals surface area contributed by atoms with Crippen molar-refractivity contribution < 1.29 is 0 Å². The summed E-state index contributed by atoms with van der Waals surface area (Å²) < 4.78 is 0. The Hall–Kier alpha value is -0.0800. The second-order valence-corrected chi connectivity index (χ2v) is 3.46. The summed E-state index contributed by atoms with van der Waals surface area (Å²) in [5.41, 5.74) is 2.97. The van der Waals surface area contributed by atoms with Gasteiger partial charge >= 0.3 is 0 Å². The lowest BCUT2D eigenvalue weighted by Gasteiger charge is -2.28. The highest BCUT2D eigenvalue weighted by molar-refractivity contribution is 4.62. The van der Waals surface area contributed by atoms with E-state index in [2.05, 4.69) is 45.2 Å². The van der Waals surface area contributed by atoms with Gasteiger partial charge in [0.1, 0.15) is 0 Å². The fraction of sp³-hybridized carbons (Fsp3) is 0.889. The molecule has 0 bridgehead atoms. The Morgan fingerprint density at radius 3 is 2.18 bits per heavy atom. The first-order valence-corrected chi connectivity index (χ1v) is 4.41. The predicted molar refractivity (Wildman–Crippen MR) is 49.8 cm³/mol. The van der Waals surface area contributed by atoms with Gasteiger partial charge in [0.2, 0.25) is 0 Å². The minimum Gasteiger partial charge on any atom is -0.254 e. The molecule has 2 heteroatoms. The molecule has 0 rings (SSSR count). The summed E-state index contributed by atoms with van der Waals surface area (Å²) >= 11 is 0. The van der Waals surface area contributed by atoms with Gasteiger partial charge in [-0.05, 0) is 19.3 Å². The second kappa shape index (κ2) is 5.56. The van der Waals surface area contributed by atoms with Crippen molar-refractivity contribution in [2.24, 2.45) is 5.92 Å². The van der Waals surface area contributed by atoms with Crippen LogP contribution in [-0.4, -0.2) is 17.6 Å². The van der Waals surface area contributed by atoms with Crippen LogP contribution >= 0.6 is 0 Å². The maximum Gasteiger partial charge on any atom is 0.0242 e. The lowest BCUT2D eigenvalue weighted by molar-refractivity contribution is 0.136. The van der Waals surface area contributed by atoms with E-state index in [1.54, 1.807) is 0 Å². The fourth-order valence-corrected chi connectivity index (χ4v) is 1.01. The highest BCUT2D eigenvalue weighted by Gasteiger charge is 2.10. The van der Waals surface area contributed by atoms with E-state index in [9.17, 15) is 0 Å². The van der Waals surface area contributed by atoms with Crippen molar-refractivity contribution in [3.63, 3.8) is 0 Å². The standard InChI is InChI=1S/C9H21N2/c1-6-9(4)11(10-5)7-8(2)3/h8-10H,5-7H2,1-4H3. The van der Waals surface area contributed by atoms with Gasteiger partial charge in [0, 0.05) is 19.6 Å². The third kappa shape index (κ3) is 4.38. The molecular weight excluding hydrogens is 136 g/mol. The van der Waals surface area contributed by atoms with E-state index in [1.165, 1.54) is 0 Å². The molecule has 1 N–H and O–H groups in total. The summed E-state index contributed by atoms with van der Waals surface area (Å²) in [5, 5.41) is 2.19. The van der Waals surface area contributed by atoms with Gasteiger partial charge in [-0.1, -0.05) is 20.8 Å². The lowest BCUT2D eigenvalue weighted by Crippen LogP contribution is -2.42. The predicted octanol–water partition coefficient (Wildman–Crippen LogP) is 2.04. The van der Waals surface area contributed by atoms with Crippen LogP contribution in [0.5, 0.6) is 0 Å². The molecule has 1 unspecified atom stereocenters. The monoisotopic (exact) mass is 157 g/mol. The molecule has 0 saturated carbocycles. The summed E-state index contributed by atoms with van der Waals surface area (Å²) in [6, 6.07) is 0.579. The van der Waals surface area contributed by atoms with E-state index in [4.69, 9.17) is 0 Å². The van der Waals surface area contributed by atoms with E-state index in [0.717, 1.165) is 13.0 Å². The summed E-state index contributed by atoms with van der Waals surface area (Å²) in [7, 11) is 3.68. The molecule has 1 radical (unpaired) electrons. The van der Waals surface area contributed by atoms with Crippen LogP contribution in [0.1, 0.15) is 34.1 Å².